The van der Waals surface area contributed by atoms with Gasteiger partial charge in [0.05, 0.1) is 42.5 Å². The second-order valence-electron chi connectivity index (χ2n) is 12.9. The van der Waals surface area contributed by atoms with Crippen LogP contribution in [-0.2, 0) is 9.53 Å². The van der Waals surface area contributed by atoms with Crippen LogP contribution in [0.1, 0.15) is 101 Å². The van der Waals surface area contributed by atoms with Crippen LogP contribution in [0.15, 0.2) is 23.8 Å². The van der Waals surface area contributed by atoms with Crippen LogP contribution in [0, 0.1) is 41.4 Å². The van der Waals surface area contributed by atoms with Crippen molar-refractivity contribution in [2.45, 2.75) is 137 Å². The third-order valence-corrected chi connectivity index (χ3v) is 9.35. The molecule has 1 saturated heterocycles. The van der Waals surface area contributed by atoms with Crippen LogP contribution in [0.3, 0.4) is 0 Å². The molecule has 0 amide bonds. The van der Waals surface area contributed by atoms with Crippen molar-refractivity contribution in [3.63, 3.8) is 0 Å². The van der Waals surface area contributed by atoms with Crippen LogP contribution in [0.25, 0.3) is 0 Å². The highest BCUT2D eigenvalue weighted by Crippen LogP contribution is 2.36. The van der Waals surface area contributed by atoms with Gasteiger partial charge in [-0.1, -0.05) is 73.1 Å². The third-order valence-electron chi connectivity index (χ3n) is 9.35. The first kappa shape index (κ1) is 36.8. The Morgan fingerprint density at radius 1 is 0.950 bits per heavy atom. The second-order valence-corrected chi connectivity index (χ2v) is 12.9. The normalized spacial score (nSPS) is 28.2. The smallest absolute Gasteiger partial charge is 0.308 e. The molecule has 1 rings (SSSR count). The van der Waals surface area contributed by atoms with Crippen LogP contribution in [-0.4, -0.2) is 68.1 Å². The number of aliphatic hydroxyl groups excluding tert-OH is 4. The number of carboxylic acids is 1. The number of aliphatic carboxylic acids is 1. The Balaban J connectivity index is 2.66. The SMILES string of the molecule is CCC[C@@H](C)/C=C(\C)[C@H](O)[C@H](C)/C=C/CC[C@@H](O)[C@H](C)[C@H](O)C(C)[C@H](O)[C@H](C)[C@H]1O[C@H]([C@H](C)C(=O)O)CC[C@@H]1C. The number of hydrogen-bond donors (Lipinski definition) is 5. The zero-order chi connectivity index (χ0) is 30.7. The van der Waals surface area contributed by atoms with Gasteiger partial charge in [0, 0.05) is 23.7 Å². The Labute approximate surface area is 243 Å². The van der Waals surface area contributed by atoms with Crippen LogP contribution >= 0.6 is 0 Å². The van der Waals surface area contributed by atoms with Gasteiger partial charge in [0.2, 0.25) is 0 Å². The van der Waals surface area contributed by atoms with Crippen molar-refractivity contribution in [1.82, 2.24) is 0 Å². The quantitative estimate of drug-likeness (QED) is 0.145. The number of carboxylic acid groups (broad SMARTS) is 1. The van der Waals surface area contributed by atoms with Gasteiger partial charge >= 0.3 is 5.97 Å². The van der Waals surface area contributed by atoms with Gasteiger partial charge in [-0.25, -0.2) is 0 Å². The number of aliphatic hydroxyl groups is 4. The van der Waals surface area contributed by atoms with Crippen LogP contribution in [0.2, 0.25) is 0 Å². The summed E-state index contributed by atoms with van der Waals surface area (Å²) in [6.45, 7) is 17.5. The highest BCUT2D eigenvalue weighted by molar-refractivity contribution is 5.70. The van der Waals surface area contributed by atoms with Crippen molar-refractivity contribution in [3.8, 4) is 0 Å². The average Bonchev–Trinajstić information content (AvgIpc) is 2.92. The van der Waals surface area contributed by atoms with Crippen LogP contribution < -0.4 is 0 Å². The molecule has 0 aromatic carbocycles. The average molecular weight is 569 g/mol. The van der Waals surface area contributed by atoms with E-state index in [1.54, 1.807) is 20.8 Å². The fourth-order valence-corrected chi connectivity index (χ4v) is 6.19. The molecular weight excluding hydrogens is 508 g/mol. The van der Waals surface area contributed by atoms with E-state index in [-0.39, 0.29) is 23.9 Å². The minimum absolute atomic E-state index is 0.0376. The molecule has 7 nitrogen and oxygen atoms in total. The predicted octanol–water partition coefficient (Wildman–Crippen LogP) is 5.60. The maximum absolute atomic E-state index is 11.5. The molecular formula is C33H60O7. The van der Waals surface area contributed by atoms with E-state index in [9.17, 15) is 30.3 Å². The van der Waals surface area contributed by atoms with Crippen molar-refractivity contribution in [2.24, 2.45) is 41.4 Å². The van der Waals surface area contributed by atoms with Crippen LogP contribution in [0.5, 0.6) is 0 Å². The van der Waals surface area contributed by atoms with E-state index >= 15 is 0 Å². The molecule has 1 aliphatic rings. The summed E-state index contributed by atoms with van der Waals surface area (Å²) in [7, 11) is 0. The molecule has 1 aliphatic heterocycles. The topological polar surface area (TPSA) is 127 Å². The summed E-state index contributed by atoms with van der Waals surface area (Å²) in [5, 5.41) is 53.1. The summed E-state index contributed by atoms with van der Waals surface area (Å²) in [6.07, 6.45) is 7.17. The lowest BCUT2D eigenvalue weighted by Gasteiger charge is -2.43. The zero-order valence-electron chi connectivity index (χ0n) is 26.5. The fourth-order valence-electron chi connectivity index (χ4n) is 6.19. The molecule has 5 N–H and O–H groups in total. The summed E-state index contributed by atoms with van der Waals surface area (Å²) in [6, 6.07) is 0. The van der Waals surface area contributed by atoms with Crippen molar-refractivity contribution < 1.29 is 35.1 Å². The molecule has 0 spiro atoms. The van der Waals surface area contributed by atoms with E-state index in [1.165, 1.54) is 0 Å². The third kappa shape index (κ3) is 10.9. The summed E-state index contributed by atoms with van der Waals surface area (Å²) in [5.41, 5.74) is 0.983. The molecule has 0 aromatic heterocycles. The van der Waals surface area contributed by atoms with Gasteiger partial charge in [-0.05, 0) is 63.4 Å². The number of ether oxygens (including phenoxy) is 1. The summed E-state index contributed by atoms with van der Waals surface area (Å²) in [5.74, 6) is -2.17. The lowest BCUT2D eigenvalue weighted by Crippen LogP contribution is -2.49. The number of hydrogen-bond acceptors (Lipinski definition) is 6. The molecule has 0 aromatic rings. The Morgan fingerprint density at radius 3 is 2.15 bits per heavy atom. The van der Waals surface area contributed by atoms with E-state index < -0.39 is 54.2 Å². The molecule has 1 fully saturated rings. The van der Waals surface area contributed by atoms with Gasteiger partial charge < -0.3 is 30.3 Å². The largest absolute Gasteiger partial charge is 0.481 e. The molecule has 1 heterocycles. The number of rotatable bonds is 17. The Bertz CT molecular complexity index is 796. The monoisotopic (exact) mass is 568 g/mol. The molecule has 0 aliphatic carbocycles. The van der Waals surface area contributed by atoms with E-state index in [4.69, 9.17) is 4.74 Å². The fraction of sp³-hybridized carbons (Fsp3) is 0.848. The summed E-state index contributed by atoms with van der Waals surface area (Å²) < 4.78 is 6.19. The Hall–Kier alpha value is -1.25. The maximum atomic E-state index is 11.5. The van der Waals surface area contributed by atoms with Gasteiger partial charge in [-0.3, -0.25) is 4.79 Å². The maximum Gasteiger partial charge on any atom is 0.308 e. The molecule has 234 valence electrons. The van der Waals surface area contributed by atoms with Crippen molar-refractivity contribution in [2.75, 3.05) is 0 Å². The lowest BCUT2D eigenvalue weighted by atomic mass is 9.76. The van der Waals surface area contributed by atoms with Gasteiger partial charge in [-0.15, -0.1) is 0 Å². The molecule has 0 radical (unpaired) electrons. The Morgan fingerprint density at radius 2 is 1.57 bits per heavy atom. The zero-order valence-corrected chi connectivity index (χ0v) is 26.5. The summed E-state index contributed by atoms with van der Waals surface area (Å²) >= 11 is 0. The van der Waals surface area contributed by atoms with Gasteiger partial charge in [0.25, 0.3) is 0 Å². The standard InChI is InChI=1S/C33H60O7/c1-10-13-19(2)18-22(5)29(35)20(3)14-11-12-15-27(34)23(6)30(36)25(8)31(37)26(9)32-21(4)16-17-28(40-32)24(7)33(38)39/h11,14,18-21,23-32,34-37H,10,12-13,15-17H2,1-9H3,(H,38,39)/b14-11+,22-18+/t19-,20-,21+,23+,24+,25?,26+,27-,28+,29-,30+,31+,32+/m1/s1. The Kier molecular flexibility index (Phi) is 16.2. The summed E-state index contributed by atoms with van der Waals surface area (Å²) in [4.78, 5) is 11.5. The number of allylic oxidation sites excluding steroid dienone is 2. The lowest BCUT2D eigenvalue weighted by molar-refractivity contribution is -0.169. The van der Waals surface area contributed by atoms with E-state index in [0.717, 1.165) is 24.8 Å². The van der Waals surface area contributed by atoms with Gasteiger partial charge in [-0.2, -0.15) is 0 Å². The first-order valence-corrected chi connectivity index (χ1v) is 15.6. The van der Waals surface area contributed by atoms with Crippen molar-refractivity contribution in [1.29, 1.82) is 0 Å². The van der Waals surface area contributed by atoms with Crippen LogP contribution in [0.4, 0.5) is 0 Å². The first-order valence-electron chi connectivity index (χ1n) is 15.6. The molecule has 7 heteroatoms. The van der Waals surface area contributed by atoms with Gasteiger partial charge in [0.15, 0.2) is 0 Å². The van der Waals surface area contributed by atoms with Gasteiger partial charge in [0.1, 0.15) is 0 Å². The van der Waals surface area contributed by atoms with Crippen molar-refractivity contribution >= 4 is 5.97 Å². The molecule has 40 heavy (non-hydrogen) atoms. The molecule has 13 atom stereocenters. The number of carbonyl (C=O) groups is 1. The highest BCUT2D eigenvalue weighted by atomic mass is 16.5. The highest BCUT2D eigenvalue weighted by Gasteiger charge is 2.41. The van der Waals surface area contributed by atoms with E-state index in [1.807, 2.05) is 32.9 Å². The molecule has 0 bridgehead atoms. The van der Waals surface area contributed by atoms with Crippen molar-refractivity contribution in [3.05, 3.63) is 23.8 Å². The minimum atomic E-state index is -0.914. The second kappa shape index (κ2) is 17.6. The van der Waals surface area contributed by atoms with E-state index in [2.05, 4.69) is 26.8 Å². The first-order chi connectivity index (χ1) is 18.6. The minimum Gasteiger partial charge on any atom is -0.481 e. The van der Waals surface area contributed by atoms with E-state index in [0.29, 0.717) is 25.2 Å². The molecule has 1 unspecified atom stereocenters. The molecule has 0 saturated carbocycles. The predicted molar refractivity (Wildman–Crippen MR) is 161 cm³/mol.